The van der Waals surface area contributed by atoms with Crippen molar-refractivity contribution in [2.45, 2.75) is 6.54 Å². The predicted molar refractivity (Wildman–Crippen MR) is 140 cm³/mol. The first-order valence-electron chi connectivity index (χ1n) is 12.7. The number of aromatic nitrogens is 2. The molecule has 11 nitrogen and oxygen atoms in total. The zero-order valence-electron chi connectivity index (χ0n) is 21.1. The second-order valence-electron chi connectivity index (χ2n) is 8.98. The molecule has 1 aromatic carbocycles. The molecule has 2 N–H and O–H groups in total. The molecule has 0 radical (unpaired) electrons. The van der Waals surface area contributed by atoms with Crippen LogP contribution in [-0.2, 0) is 16.0 Å². The first-order valence-corrected chi connectivity index (χ1v) is 12.7. The number of fused-ring (bicyclic) bond motifs is 1. The number of hydrogen-bond acceptors (Lipinski definition) is 9. The molecule has 0 bridgehead atoms. The molecule has 2 aliphatic rings. The van der Waals surface area contributed by atoms with Crippen LogP contribution in [0.2, 0.25) is 0 Å². The normalized spacial score (nSPS) is 16.9. The first kappa shape index (κ1) is 25.1. The fraction of sp³-hybridized carbons (Fsp3) is 0.462. The van der Waals surface area contributed by atoms with E-state index in [1.165, 1.54) is 0 Å². The van der Waals surface area contributed by atoms with E-state index in [0.29, 0.717) is 43.5 Å². The van der Waals surface area contributed by atoms with Gasteiger partial charge in [-0.1, -0.05) is 6.07 Å². The van der Waals surface area contributed by atoms with Gasteiger partial charge in [0.2, 0.25) is 5.88 Å². The number of pyridine rings is 1. The van der Waals surface area contributed by atoms with Crippen molar-refractivity contribution in [2.75, 3.05) is 77.7 Å². The van der Waals surface area contributed by atoms with Gasteiger partial charge in [-0.2, -0.15) is 15.2 Å². The summed E-state index contributed by atoms with van der Waals surface area (Å²) in [6.07, 6.45) is 1.91. The number of azo groups is 1. The van der Waals surface area contributed by atoms with Crippen molar-refractivity contribution in [3.05, 3.63) is 47.7 Å². The first-order chi connectivity index (χ1) is 18.2. The highest BCUT2D eigenvalue weighted by Gasteiger charge is 2.16. The van der Waals surface area contributed by atoms with Crippen LogP contribution >= 0.6 is 0 Å². The predicted octanol–water partition coefficient (Wildman–Crippen LogP) is 2.75. The molecule has 37 heavy (non-hydrogen) atoms. The lowest BCUT2D eigenvalue weighted by Crippen LogP contribution is -2.38. The van der Waals surface area contributed by atoms with Crippen molar-refractivity contribution in [1.29, 1.82) is 0 Å². The number of H-pyrrole nitrogens is 1. The van der Waals surface area contributed by atoms with Crippen LogP contribution in [0.4, 0.5) is 11.5 Å². The molecule has 0 saturated carbocycles. The molecule has 2 aromatic heterocycles. The molecule has 3 aromatic rings. The minimum absolute atomic E-state index is 0.116. The van der Waals surface area contributed by atoms with Gasteiger partial charge in [0.15, 0.2) is 0 Å². The van der Waals surface area contributed by atoms with Crippen LogP contribution in [0, 0.1) is 0 Å². The zero-order valence-corrected chi connectivity index (χ0v) is 21.1. The van der Waals surface area contributed by atoms with E-state index in [4.69, 9.17) is 19.2 Å². The Balaban J connectivity index is 1.29. The van der Waals surface area contributed by atoms with Gasteiger partial charge in [-0.05, 0) is 12.1 Å². The zero-order chi connectivity index (χ0) is 25.5. The Hall–Kier alpha value is -3.54. The van der Waals surface area contributed by atoms with Gasteiger partial charge in [-0.15, -0.1) is 0 Å². The minimum Gasteiger partial charge on any atom is -0.476 e. The van der Waals surface area contributed by atoms with Gasteiger partial charge in [0.25, 0.3) is 5.91 Å². The van der Waals surface area contributed by atoms with E-state index >= 15 is 0 Å². The summed E-state index contributed by atoms with van der Waals surface area (Å²) in [6, 6.07) is 9.36. The van der Waals surface area contributed by atoms with Crippen molar-refractivity contribution in [2.24, 2.45) is 10.2 Å². The highest BCUT2D eigenvalue weighted by molar-refractivity contribution is 5.98. The van der Waals surface area contributed by atoms with Gasteiger partial charge in [0.05, 0.1) is 38.7 Å². The maximum absolute atomic E-state index is 11.9. The van der Waals surface area contributed by atoms with Crippen molar-refractivity contribution in [3.8, 4) is 5.88 Å². The maximum atomic E-state index is 11.9. The Morgan fingerprint density at radius 3 is 2.68 bits per heavy atom. The second kappa shape index (κ2) is 12.1. The molecule has 4 heterocycles. The third-order valence-corrected chi connectivity index (χ3v) is 6.55. The number of carbonyl (C=O) groups excluding carboxylic acids is 1. The summed E-state index contributed by atoms with van der Waals surface area (Å²) in [5, 5.41) is 12.6. The van der Waals surface area contributed by atoms with E-state index < -0.39 is 0 Å². The van der Waals surface area contributed by atoms with Gasteiger partial charge in [-0.25, -0.2) is 0 Å². The van der Waals surface area contributed by atoms with Gasteiger partial charge in [0.1, 0.15) is 12.4 Å². The summed E-state index contributed by atoms with van der Waals surface area (Å²) < 4.78 is 17.0. The lowest BCUT2D eigenvalue weighted by molar-refractivity contribution is 0.0320. The van der Waals surface area contributed by atoms with E-state index in [2.05, 4.69) is 30.3 Å². The van der Waals surface area contributed by atoms with Crippen LogP contribution in [0.5, 0.6) is 5.88 Å². The van der Waals surface area contributed by atoms with E-state index in [9.17, 15) is 4.79 Å². The maximum Gasteiger partial charge on any atom is 0.251 e. The van der Waals surface area contributed by atoms with Gasteiger partial charge in [-0.3, -0.25) is 9.69 Å². The lowest BCUT2D eigenvalue weighted by atomic mass is 10.1. The van der Waals surface area contributed by atoms with Crippen LogP contribution in [0.1, 0.15) is 15.9 Å². The SMILES string of the molecule is CNC(=O)c1ccc2c(CN=Nc3cc(OCCN4CCOCC4)nc(N4CCOCC4)c3)c[nH]c2c1. The molecular formula is C26H33N7O4. The number of benzene rings is 1. The topological polar surface area (TPSA) is 117 Å². The number of carbonyl (C=O) groups is 1. The molecule has 196 valence electrons. The number of aromatic amines is 1. The molecule has 0 unspecified atom stereocenters. The number of amides is 1. The average molecular weight is 508 g/mol. The van der Waals surface area contributed by atoms with Crippen LogP contribution < -0.4 is 15.0 Å². The van der Waals surface area contributed by atoms with E-state index in [1.807, 2.05) is 36.5 Å². The third-order valence-electron chi connectivity index (χ3n) is 6.55. The summed E-state index contributed by atoms with van der Waals surface area (Å²) >= 11 is 0. The number of morpholine rings is 2. The van der Waals surface area contributed by atoms with Crippen LogP contribution in [-0.4, -0.2) is 93.6 Å². The van der Waals surface area contributed by atoms with E-state index in [-0.39, 0.29) is 5.91 Å². The number of hydrogen-bond donors (Lipinski definition) is 2. The number of rotatable bonds is 9. The molecule has 0 aliphatic carbocycles. The highest BCUT2D eigenvalue weighted by Crippen LogP contribution is 2.27. The second-order valence-corrected chi connectivity index (χ2v) is 8.98. The molecule has 2 saturated heterocycles. The van der Waals surface area contributed by atoms with Crippen LogP contribution in [0.15, 0.2) is 46.8 Å². The fourth-order valence-corrected chi connectivity index (χ4v) is 4.46. The Labute approximate surface area is 215 Å². The van der Waals surface area contributed by atoms with Crippen molar-refractivity contribution >= 4 is 28.3 Å². The molecule has 0 atom stereocenters. The molecule has 1 amide bonds. The number of nitrogens with zero attached hydrogens (tertiary/aromatic N) is 5. The van der Waals surface area contributed by atoms with Crippen molar-refractivity contribution in [3.63, 3.8) is 0 Å². The number of ether oxygens (including phenoxy) is 3. The molecular weight excluding hydrogens is 474 g/mol. The smallest absolute Gasteiger partial charge is 0.251 e. The van der Waals surface area contributed by atoms with E-state index in [1.54, 1.807) is 7.05 Å². The average Bonchev–Trinajstić information content (AvgIpc) is 3.36. The minimum atomic E-state index is -0.116. The quantitative estimate of drug-likeness (QED) is 0.428. The van der Waals surface area contributed by atoms with Crippen LogP contribution in [0.25, 0.3) is 10.9 Å². The largest absolute Gasteiger partial charge is 0.476 e. The van der Waals surface area contributed by atoms with Gasteiger partial charge >= 0.3 is 0 Å². The van der Waals surface area contributed by atoms with Crippen molar-refractivity contribution < 1.29 is 19.0 Å². The number of nitrogens with one attached hydrogen (secondary N) is 2. The monoisotopic (exact) mass is 507 g/mol. The Morgan fingerprint density at radius 1 is 1.11 bits per heavy atom. The summed E-state index contributed by atoms with van der Waals surface area (Å²) in [6.45, 7) is 8.03. The Bertz CT molecular complexity index is 1230. The third kappa shape index (κ3) is 6.43. The van der Waals surface area contributed by atoms with Gasteiger partial charge in [0, 0.05) is 80.1 Å². The molecule has 0 spiro atoms. The fourth-order valence-electron chi connectivity index (χ4n) is 4.46. The molecule has 2 aliphatic heterocycles. The Morgan fingerprint density at radius 2 is 1.89 bits per heavy atom. The Kier molecular flexibility index (Phi) is 8.24. The van der Waals surface area contributed by atoms with Crippen LogP contribution in [0.3, 0.4) is 0 Å². The summed E-state index contributed by atoms with van der Waals surface area (Å²) in [5.74, 6) is 1.24. The number of anilines is 1. The molecule has 5 rings (SSSR count). The van der Waals surface area contributed by atoms with E-state index in [0.717, 1.165) is 68.2 Å². The molecule has 11 heteroatoms. The summed E-state index contributed by atoms with van der Waals surface area (Å²) in [4.78, 5) is 24.4. The summed E-state index contributed by atoms with van der Waals surface area (Å²) in [5.41, 5.74) is 3.20. The molecule has 2 fully saturated rings. The summed E-state index contributed by atoms with van der Waals surface area (Å²) in [7, 11) is 1.62. The standard InChI is InChI=1S/C26H33N7O4/c1-27-26(34)19-2-3-22-20(17-28-23(22)14-19)18-29-31-21-15-24(33-7-11-36-12-8-33)30-25(16-21)37-13-6-32-4-9-35-10-5-32/h2-3,14-17,28H,4-13,18H2,1H3,(H,27,34). The van der Waals surface area contributed by atoms with Crippen molar-refractivity contribution in [1.82, 2.24) is 20.2 Å². The highest BCUT2D eigenvalue weighted by atomic mass is 16.5. The van der Waals surface area contributed by atoms with Gasteiger partial charge < -0.3 is 29.4 Å². The lowest BCUT2D eigenvalue weighted by Gasteiger charge is -2.28.